The average molecular weight is 263 g/mol. The van der Waals surface area contributed by atoms with Crippen molar-refractivity contribution in [2.24, 2.45) is 5.73 Å². The molecule has 0 amide bonds. The minimum Gasteiger partial charge on any atom is -0.493 e. The van der Waals surface area contributed by atoms with E-state index in [0.29, 0.717) is 11.5 Å². The summed E-state index contributed by atoms with van der Waals surface area (Å²) in [6.45, 7) is 4.03. The first-order valence-electron chi connectivity index (χ1n) is 6.32. The molecule has 5 heteroatoms. The Bertz CT molecular complexity index is 529. The van der Waals surface area contributed by atoms with Gasteiger partial charge >= 0.3 is 0 Å². The van der Waals surface area contributed by atoms with Gasteiger partial charge in [-0.1, -0.05) is 0 Å². The second-order valence-electron chi connectivity index (χ2n) is 5.40. The summed E-state index contributed by atoms with van der Waals surface area (Å²) in [6.07, 6.45) is 1.70. The summed E-state index contributed by atoms with van der Waals surface area (Å²) >= 11 is 0. The third-order valence-corrected chi connectivity index (χ3v) is 3.04. The van der Waals surface area contributed by atoms with Gasteiger partial charge in [-0.15, -0.1) is 0 Å². The van der Waals surface area contributed by atoms with Crippen molar-refractivity contribution >= 4 is 11.0 Å². The molecule has 1 aromatic carbocycles. The summed E-state index contributed by atoms with van der Waals surface area (Å²) in [5.74, 6) is 2.32. The van der Waals surface area contributed by atoms with Crippen LogP contribution in [-0.2, 0) is 6.42 Å². The van der Waals surface area contributed by atoms with E-state index in [1.165, 1.54) is 0 Å². The van der Waals surface area contributed by atoms with E-state index in [-0.39, 0.29) is 5.54 Å². The summed E-state index contributed by atoms with van der Waals surface area (Å²) in [7, 11) is 3.24. The fraction of sp³-hybridized carbons (Fsp3) is 0.500. The van der Waals surface area contributed by atoms with Crippen molar-refractivity contribution in [3.63, 3.8) is 0 Å². The third-order valence-electron chi connectivity index (χ3n) is 3.04. The van der Waals surface area contributed by atoms with Crippen molar-refractivity contribution < 1.29 is 9.47 Å². The molecule has 2 aromatic rings. The number of aromatic amines is 1. The van der Waals surface area contributed by atoms with E-state index in [1.54, 1.807) is 14.2 Å². The van der Waals surface area contributed by atoms with Crippen LogP contribution in [0.4, 0.5) is 0 Å². The number of hydrogen-bond donors (Lipinski definition) is 2. The van der Waals surface area contributed by atoms with Gasteiger partial charge in [0.25, 0.3) is 0 Å². The van der Waals surface area contributed by atoms with Gasteiger partial charge in [-0.05, 0) is 20.3 Å². The van der Waals surface area contributed by atoms with Crippen LogP contribution >= 0.6 is 0 Å². The number of hydrogen-bond acceptors (Lipinski definition) is 4. The number of methoxy groups -OCH3 is 2. The van der Waals surface area contributed by atoms with E-state index in [0.717, 1.165) is 29.7 Å². The Morgan fingerprint density at radius 1 is 1.21 bits per heavy atom. The number of imidazole rings is 1. The summed E-state index contributed by atoms with van der Waals surface area (Å²) in [5, 5.41) is 0. The van der Waals surface area contributed by atoms with Crippen LogP contribution < -0.4 is 15.2 Å². The minimum absolute atomic E-state index is 0.186. The van der Waals surface area contributed by atoms with E-state index in [9.17, 15) is 0 Å². The van der Waals surface area contributed by atoms with Gasteiger partial charge in [0.15, 0.2) is 11.5 Å². The van der Waals surface area contributed by atoms with Crippen molar-refractivity contribution in [1.82, 2.24) is 9.97 Å². The SMILES string of the molecule is COc1cc2nc(CCC(C)(C)N)[nH]c2cc1OC. The fourth-order valence-electron chi connectivity index (χ4n) is 1.95. The van der Waals surface area contributed by atoms with Gasteiger partial charge in [-0.2, -0.15) is 0 Å². The quantitative estimate of drug-likeness (QED) is 0.867. The van der Waals surface area contributed by atoms with Crippen molar-refractivity contribution in [2.45, 2.75) is 32.2 Å². The molecular formula is C14H21N3O2. The number of aromatic nitrogens is 2. The Balaban J connectivity index is 2.30. The highest BCUT2D eigenvalue weighted by Gasteiger charge is 2.14. The fourth-order valence-corrected chi connectivity index (χ4v) is 1.95. The summed E-state index contributed by atoms with van der Waals surface area (Å²) < 4.78 is 10.5. The lowest BCUT2D eigenvalue weighted by molar-refractivity contribution is 0.356. The molecule has 1 aromatic heterocycles. The van der Waals surface area contributed by atoms with Crippen molar-refractivity contribution in [3.8, 4) is 11.5 Å². The molecule has 0 aliphatic heterocycles. The van der Waals surface area contributed by atoms with Crippen LogP contribution in [0, 0.1) is 0 Å². The van der Waals surface area contributed by atoms with E-state index >= 15 is 0 Å². The van der Waals surface area contributed by atoms with Gasteiger partial charge in [0.05, 0.1) is 25.3 Å². The predicted octanol–water partition coefficient (Wildman–Crippen LogP) is 2.25. The number of ether oxygens (including phenoxy) is 2. The molecular weight excluding hydrogens is 242 g/mol. The van der Waals surface area contributed by atoms with E-state index in [2.05, 4.69) is 9.97 Å². The van der Waals surface area contributed by atoms with Gasteiger partial charge in [0, 0.05) is 24.1 Å². The molecule has 0 fully saturated rings. The zero-order valence-electron chi connectivity index (χ0n) is 11.9. The molecule has 0 saturated heterocycles. The molecule has 0 unspecified atom stereocenters. The lowest BCUT2D eigenvalue weighted by Crippen LogP contribution is -2.32. The molecule has 19 heavy (non-hydrogen) atoms. The van der Waals surface area contributed by atoms with Crippen LogP contribution in [0.2, 0.25) is 0 Å². The van der Waals surface area contributed by atoms with E-state index in [1.807, 2.05) is 26.0 Å². The Morgan fingerprint density at radius 2 is 1.84 bits per heavy atom. The molecule has 0 aliphatic rings. The van der Waals surface area contributed by atoms with Crippen molar-refractivity contribution in [3.05, 3.63) is 18.0 Å². The number of rotatable bonds is 5. The maximum atomic E-state index is 5.99. The molecule has 0 spiro atoms. The second-order valence-corrected chi connectivity index (χ2v) is 5.40. The van der Waals surface area contributed by atoms with Gasteiger partial charge in [0.1, 0.15) is 5.82 Å². The monoisotopic (exact) mass is 263 g/mol. The molecule has 3 N–H and O–H groups in total. The number of nitrogens with one attached hydrogen (secondary N) is 1. The smallest absolute Gasteiger partial charge is 0.163 e. The van der Waals surface area contributed by atoms with Crippen LogP contribution in [0.5, 0.6) is 11.5 Å². The third kappa shape index (κ3) is 3.17. The van der Waals surface area contributed by atoms with Gasteiger partial charge in [-0.3, -0.25) is 0 Å². The highest BCUT2D eigenvalue weighted by molar-refractivity contribution is 5.79. The first kappa shape index (κ1) is 13.7. The van der Waals surface area contributed by atoms with Crippen molar-refractivity contribution in [2.75, 3.05) is 14.2 Å². The zero-order valence-corrected chi connectivity index (χ0v) is 11.9. The number of nitrogens with two attached hydrogens (primary N) is 1. The summed E-state index contributed by atoms with van der Waals surface area (Å²) in [5.41, 5.74) is 7.63. The molecule has 0 aliphatic carbocycles. The Labute approximate surface area is 113 Å². The average Bonchev–Trinajstić information content (AvgIpc) is 2.75. The summed E-state index contributed by atoms with van der Waals surface area (Å²) in [4.78, 5) is 7.85. The maximum absolute atomic E-state index is 5.99. The number of benzene rings is 1. The maximum Gasteiger partial charge on any atom is 0.163 e. The first-order valence-corrected chi connectivity index (χ1v) is 6.32. The minimum atomic E-state index is -0.186. The Hall–Kier alpha value is -1.75. The Kier molecular flexibility index (Phi) is 3.66. The summed E-state index contributed by atoms with van der Waals surface area (Å²) in [6, 6.07) is 3.78. The van der Waals surface area contributed by atoms with Crippen molar-refractivity contribution in [1.29, 1.82) is 0 Å². The molecule has 2 rings (SSSR count). The molecule has 0 atom stereocenters. The van der Waals surface area contributed by atoms with Crippen LogP contribution in [0.1, 0.15) is 26.1 Å². The number of fused-ring (bicyclic) bond motifs is 1. The molecule has 0 radical (unpaired) electrons. The highest BCUT2D eigenvalue weighted by Crippen LogP contribution is 2.31. The van der Waals surface area contributed by atoms with E-state index in [4.69, 9.17) is 15.2 Å². The van der Waals surface area contributed by atoms with Crippen LogP contribution in [0.25, 0.3) is 11.0 Å². The van der Waals surface area contributed by atoms with Crippen LogP contribution in [-0.4, -0.2) is 29.7 Å². The molecule has 5 nitrogen and oxygen atoms in total. The normalized spacial score (nSPS) is 11.8. The highest BCUT2D eigenvalue weighted by atomic mass is 16.5. The van der Waals surface area contributed by atoms with Gasteiger partial charge < -0.3 is 20.2 Å². The number of nitrogens with zero attached hydrogens (tertiary/aromatic N) is 1. The molecule has 0 bridgehead atoms. The number of aryl methyl sites for hydroxylation is 1. The molecule has 104 valence electrons. The second kappa shape index (κ2) is 5.09. The van der Waals surface area contributed by atoms with Gasteiger partial charge in [0.2, 0.25) is 0 Å². The van der Waals surface area contributed by atoms with Gasteiger partial charge in [-0.25, -0.2) is 4.98 Å². The standard InChI is InChI=1S/C14H21N3O2/c1-14(2,15)6-5-13-16-9-7-11(18-3)12(19-4)8-10(9)17-13/h7-8H,5-6,15H2,1-4H3,(H,16,17). The molecule has 1 heterocycles. The first-order chi connectivity index (χ1) is 8.93. The lowest BCUT2D eigenvalue weighted by Gasteiger charge is -2.16. The largest absolute Gasteiger partial charge is 0.493 e. The Morgan fingerprint density at radius 3 is 2.42 bits per heavy atom. The topological polar surface area (TPSA) is 73.2 Å². The lowest BCUT2D eigenvalue weighted by atomic mass is 10.0. The zero-order chi connectivity index (χ0) is 14.0. The predicted molar refractivity (Wildman–Crippen MR) is 75.8 cm³/mol. The van der Waals surface area contributed by atoms with Crippen LogP contribution in [0.3, 0.4) is 0 Å². The van der Waals surface area contributed by atoms with Crippen LogP contribution in [0.15, 0.2) is 12.1 Å². The molecule has 0 saturated carbocycles. The van der Waals surface area contributed by atoms with E-state index < -0.39 is 0 Å². The number of H-pyrrole nitrogens is 1.